The van der Waals surface area contributed by atoms with E-state index in [1.54, 1.807) is 0 Å². The van der Waals surface area contributed by atoms with Crippen LogP contribution >= 0.6 is 0 Å². The molecule has 2 aromatic carbocycles. The number of nitrogens with zero attached hydrogens (tertiary/aromatic N) is 1. The van der Waals surface area contributed by atoms with Gasteiger partial charge in [-0.1, -0.05) is 48.5 Å². The van der Waals surface area contributed by atoms with Crippen molar-refractivity contribution in [3.05, 3.63) is 59.7 Å². The summed E-state index contributed by atoms with van der Waals surface area (Å²) in [6, 6.07) is 14.9. The van der Waals surface area contributed by atoms with Gasteiger partial charge in [0.05, 0.1) is 0 Å². The number of likely N-dealkylation sites (tertiary alicyclic amines) is 1. The highest BCUT2D eigenvalue weighted by Crippen LogP contribution is 2.44. The smallest absolute Gasteiger partial charge is 0.410 e. The summed E-state index contributed by atoms with van der Waals surface area (Å²) in [6.45, 7) is 0.349. The molecular formula is C22H22N2O5. The number of carbonyl (C=O) groups is 3. The van der Waals surface area contributed by atoms with Crippen molar-refractivity contribution in [1.82, 2.24) is 4.90 Å². The normalized spacial score (nSPS) is 20.2. The van der Waals surface area contributed by atoms with Crippen LogP contribution in [0.1, 0.15) is 29.9 Å². The lowest BCUT2D eigenvalue weighted by Crippen LogP contribution is -2.44. The van der Waals surface area contributed by atoms with Crippen molar-refractivity contribution in [3.8, 4) is 11.1 Å². The second-order valence-corrected chi connectivity index (χ2v) is 7.50. The number of rotatable bonds is 5. The summed E-state index contributed by atoms with van der Waals surface area (Å²) in [5.74, 6) is -2.32. The first-order valence-electron chi connectivity index (χ1n) is 9.60. The zero-order chi connectivity index (χ0) is 20.5. The summed E-state index contributed by atoms with van der Waals surface area (Å²) >= 11 is 0. The highest BCUT2D eigenvalue weighted by molar-refractivity contribution is 5.83. The van der Waals surface area contributed by atoms with Crippen LogP contribution in [0.2, 0.25) is 0 Å². The molecule has 0 bridgehead atoms. The maximum absolute atomic E-state index is 12.7. The molecule has 1 aliphatic carbocycles. The van der Waals surface area contributed by atoms with Crippen molar-refractivity contribution in [1.29, 1.82) is 0 Å². The fraction of sp³-hybridized carbons (Fsp3) is 0.318. The standard InChI is InChI=1S/C22H22N2O5/c23-19(25)11-13-9-10-24(20(13)21(26)27)22(28)29-12-18-16-7-3-1-5-14(16)15-6-2-4-8-17(15)18/h1-8,13,18,20H,9-12H2,(H2,23,25)(H,26,27)/t13-,20+/m1/s1. The molecule has 1 fully saturated rings. The van der Waals surface area contributed by atoms with E-state index in [1.807, 2.05) is 48.5 Å². The van der Waals surface area contributed by atoms with E-state index in [2.05, 4.69) is 0 Å². The Morgan fingerprint density at radius 2 is 1.62 bits per heavy atom. The van der Waals surface area contributed by atoms with E-state index in [1.165, 1.54) is 4.90 Å². The molecule has 2 aromatic rings. The Balaban J connectivity index is 1.50. The third-order valence-corrected chi connectivity index (χ3v) is 5.81. The number of carboxylic acids is 1. The molecule has 0 saturated carbocycles. The minimum absolute atomic E-state index is 0.0654. The second kappa shape index (κ2) is 7.58. The van der Waals surface area contributed by atoms with E-state index in [-0.39, 0.29) is 25.5 Å². The van der Waals surface area contributed by atoms with Crippen molar-refractivity contribution >= 4 is 18.0 Å². The Hall–Kier alpha value is -3.35. The van der Waals surface area contributed by atoms with Gasteiger partial charge >= 0.3 is 12.1 Å². The maximum atomic E-state index is 12.7. The molecule has 2 atom stereocenters. The van der Waals surface area contributed by atoms with Crippen molar-refractivity contribution < 1.29 is 24.2 Å². The molecule has 0 radical (unpaired) electrons. The van der Waals surface area contributed by atoms with E-state index in [0.717, 1.165) is 22.3 Å². The van der Waals surface area contributed by atoms with E-state index in [0.29, 0.717) is 6.42 Å². The molecular weight excluding hydrogens is 372 g/mol. The predicted octanol–water partition coefficient (Wildman–Crippen LogP) is 2.59. The van der Waals surface area contributed by atoms with Crippen LogP contribution in [0.25, 0.3) is 11.1 Å². The van der Waals surface area contributed by atoms with Crippen LogP contribution in [0.5, 0.6) is 0 Å². The van der Waals surface area contributed by atoms with Gasteiger partial charge in [-0.2, -0.15) is 0 Å². The number of hydrogen-bond acceptors (Lipinski definition) is 4. The van der Waals surface area contributed by atoms with Crippen molar-refractivity contribution in [2.24, 2.45) is 11.7 Å². The third-order valence-electron chi connectivity index (χ3n) is 5.81. The Kier molecular flexibility index (Phi) is 4.96. The molecule has 150 valence electrons. The number of carboxylic acid groups (broad SMARTS) is 1. The van der Waals surface area contributed by atoms with Crippen LogP contribution in [-0.4, -0.2) is 47.2 Å². The first-order valence-corrected chi connectivity index (χ1v) is 9.60. The predicted molar refractivity (Wildman–Crippen MR) is 105 cm³/mol. The largest absolute Gasteiger partial charge is 0.480 e. The molecule has 29 heavy (non-hydrogen) atoms. The van der Waals surface area contributed by atoms with Gasteiger partial charge in [-0.15, -0.1) is 0 Å². The number of amides is 2. The van der Waals surface area contributed by atoms with Crippen molar-refractivity contribution in [2.45, 2.75) is 24.8 Å². The first kappa shape index (κ1) is 19.0. The summed E-state index contributed by atoms with van der Waals surface area (Å²) in [6.07, 6.45) is -0.333. The summed E-state index contributed by atoms with van der Waals surface area (Å²) in [5.41, 5.74) is 9.64. The SMILES string of the molecule is NC(=O)C[C@H]1CCN(C(=O)OCC2c3ccccc3-c3ccccc32)[C@@H]1C(=O)O. The number of nitrogens with two attached hydrogens (primary N) is 1. The van der Waals surface area contributed by atoms with Crippen LogP contribution in [0.4, 0.5) is 4.79 Å². The Bertz CT molecular complexity index is 928. The van der Waals surface area contributed by atoms with E-state index < -0.39 is 29.9 Å². The molecule has 1 saturated heterocycles. The van der Waals surface area contributed by atoms with E-state index in [4.69, 9.17) is 10.5 Å². The number of carbonyl (C=O) groups excluding carboxylic acids is 2. The Morgan fingerprint density at radius 3 is 2.17 bits per heavy atom. The van der Waals surface area contributed by atoms with Gasteiger partial charge in [-0.25, -0.2) is 9.59 Å². The average Bonchev–Trinajstić information content (AvgIpc) is 3.25. The highest BCUT2D eigenvalue weighted by Gasteiger charge is 2.43. The molecule has 4 rings (SSSR count). The third kappa shape index (κ3) is 3.44. The number of fused-ring (bicyclic) bond motifs is 3. The number of hydrogen-bond donors (Lipinski definition) is 2. The van der Waals surface area contributed by atoms with Crippen LogP contribution < -0.4 is 5.73 Å². The van der Waals surface area contributed by atoms with Gasteiger partial charge in [0, 0.05) is 24.8 Å². The fourth-order valence-electron chi connectivity index (χ4n) is 4.55. The summed E-state index contributed by atoms with van der Waals surface area (Å²) in [4.78, 5) is 36.8. The van der Waals surface area contributed by atoms with Gasteiger partial charge < -0.3 is 15.6 Å². The van der Waals surface area contributed by atoms with Crippen LogP contribution in [-0.2, 0) is 14.3 Å². The average molecular weight is 394 g/mol. The summed E-state index contributed by atoms with van der Waals surface area (Å²) in [7, 11) is 0. The zero-order valence-electron chi connectivity index (χ0n) is 15.8. The molecule has 7 nitrogen and oxygen atoms in total. The van der Waals surface area contributed by atoms with Gasteiger partial charge in [0.2, 0.25) is 5.91 Å². The summed E-state index contributed by atoms with van der Waals surface area (Å²) in [5, 5.41) is 9.55. The zero-order valence-corrected chi connectivity index (χ0v) is 15.8. The lowest BCUT2D eigenvalue weighted by molar-refractivity contribution is -0.143. The number of benzene rings is 2. The van der Waals surface area contributed by atoms with Crippen LogP contribution in [0.15, 0.2) is 48.5 Å². The minimum atomic E-state index is -1.15. The Labute approximate surface area is 168 Å². The van der Waals surface area contributed by atoms with Gasteiger partial charge in [-0.3, -0.25) is 9.69 Å². The van der Waals surface area contributed by atoms with Gasteiger partial charge in [0.25, 0.3) is 0 Å². The van der Waals surface area contributed by atoms with Crippen LogP contribution in [0, 0.1) is 5.92 Å². The van der Waals surface area contributed by atoms with Gasteiger partial charge in [-0.05, 0) is 28.7 Å². The number of ether oxygens (including phenoxy) is 1. The lowest BCUT2D eigenvalue weighted by Gasteiger charge is -2.24. The quantitative estimate of drug-likeness (QED) is 0.810. The molecule has 2 aliphatic rings. The molecule has 0 unspecified atom stereocenters. The number of primary amides is 1. The first-order chi connectivity index (χ1) is 14.0. The molecule has 0 aromatic heterocycles. The Morgan fingerprint density at radius 1 is 1.03 bits per heavy atom. The van der Waals surface area contributed by atoms with Crippen LogP contribution in [0.3, 0.4) is 0 Å². The lowest BCUT2D eigenvalue weighted by atomic mass is 9.96. The van der Waals surface area contributed by atoms with Gasteiger partial charge in [0.15, 0.2) is 0 Å². The minimum Gasteiger partial charge on any atom is -0.480 e. The molecule has 1 heterocycles. The molecule has 1 aliphatic heterocycles. The number of aliphatic carboxylic acids is 1. The van der Waals surface area contributed by atoms with Crippen molar-refractivity contribution in [2.75, 3.05) is 13.2 Å². The maximum Gasteiger partial charge on any atom is 0.410 e. The van der Waals surface area contributed by atoms with Crippen molar-refractivity contribution in [3.63, 3.8) is 0 Å². The topological polar surface area (TPSA) is 110 Å². The fourth-order valence-corrected chi connectivity index (χ4v) is 4.55. The van der Waals surface area contributed by atoms with E-state index in [9.17, 15) is 19.5 Å². The van der Waals surface area contributed by atoms with Gasteiger partial charge in [0.1, 0.15) is 12.6 Å². The van der Waals surface area contributed by atoms with E-state index >= 15 is 0 Å². The second-order valence-electron chi connectivity index (χ2n) is 7.50. The molecule has 7 heteroatoms. The molecule has 0 spiro atoms. The summed E-state index contributed by atoms with van der Waals surface area (Å²) < 4.78 is 5.56. The molecule has 2 amide bonds. The highest BCUT2D eigenvalue weighted by atomic mass is 16.6. The monoisotopic (exact) mass is 394 g/mol. The molecule has 3 N–H and O–H groups in total.